The van der Waals surface area contributed by atoms with Gasteiger partial charge in [-0.2, -0.15) is 0 Å². The van der Waals surface area contributed by atoms with Gasteiger partial charge in [0, 0.05) is 16.0 Å². The van der Waals surface area contributed by atoms with Crippen LogP contribution in [0.2, 0.25) is 5.02 Å². The van der Waals surface area contributed by atoms with Gasteiger partial charge in [-0.25, -0.2) is 14.2 Å². The van der Waals surface area contributed by atoms with Gasteiger partial charge in [0.15, 0.2) is 0 Å². The summed E-state index contributed by atoms with van der Waals surface area (Å²) < 4.78 is 13.0. The summed E-state index contributed by atoms with van der Waals surface area (Å²) in [6.07, 6.45) is 0. The van der Waals surface area contributed by atoms with Crippen molar-refractivity contribution in [2.24, 2.45) is 0 Å². The first-order valence-electron chi connectivity index (χ1n) is 6.14. The number of halogens is 2. The number of benzene rings is 2. The number of carboxylic acid groups (broad SMARTS) is 1. The number of aromatic carboxylic acids is 1. The molecule has 3 nitrogen and oxygen atoms in total. The summed E-state index contributed by atoms with van der Waals surface area (Å²) in [6, 6.07) is 12.1. The first-order valence-corrected chi connectivity index (χ1v) is 6.52. The molecule has 0 amide bonds. The Balaban J connectivity index is 2.29. The van der Waals surface area contributed by atoms with Crippen molar-refractivity contribution in [2.45, 2.75) is 0 Å². The third-order valence-corrected chi connectivity index (χ3v) is 3.38. The molecule has 2 aromatic carbocycles. The number of fused-ring (bicyclic) bond motifs is 1. The molecule has 0 radical (unpaired) electrons. The van der Waals surface area contributed by atoms with Gasteiger partial charge in [-0.15, -0.1) is 0 Å². The Morgan fingerprint density at radius 1 is 1.10 bits per heavy atom. The van der Waals surface area contributed by atoms with Crippen molar-refractivity contribution in [3.8, 4) is 11.3 Å². The van der Waals surface area contributed by atoms with E-state index in [0.717, 1.165) is 0 Å². The van der Waals surface area contributed by atoms with Gasteiger partial charge in [-0.3, -0.25) is 0 Å². The van der Waals surface area contributed by atoms with Gasteiger partial charge in [0.1, 0.15) is 5.82 Å². The van der Waals surface area contributed by atoms with Crippen LogP contribution in [0.4, 0.5) is 4.39 Å². The minimum Gasteiger partial charge on any atom is -0.478 e. The standard InChI is InChI=1S/C16H9ClFNO2/c17-10-3-6-12-13(16(20)21)8-14(19-15(12)7-10)9-1-4-11(18)5-2-9/h1-8H,(H,20,21). The van der Waals surface area contributed by atoms with Crippen molar-refractivity contribution < 1.29 is 14.3 Å². The summed E-state index contributed by atoms with van der Waals surface area (Å²) in [5, 5.41) is 10.3. The average molecular weight is 302 g/mol. The van der Waals surface area contributed by atoms with Gasteiger partial charge >= 0.3 is 5.97 Å². The average Bonchev–Trinajstić information content (AvgIpc) is 2.46. The number of hydrogen-bond acceptors (Lipinski definition) is 2. The SMILES string of the molecule is O=C(O)c1cc(-c2ccc(F)cc2)nc2cc(Cl)ccc12. The van der Waals surface area contributed by atoms with Gasteiger partial charge in [0.2, 0.25) is 0 Å². The molecule has 0 saturated carbocycles. The fourth-order valence-corrected chi connectivity index (χ4v) is 2.31. The predicted octanol–water partition coefficient (Wildman–Crippen LogP) is 4.39. The summed E-state index contributed by atoms with van der Waals surface area (Å²) in [7, 11) is 0. The molecule has 0 aliphatic heterocycles. The topological polar surface area (TPSA) is 50.2 Å². The molecule has 0 fully saturated rings. The number of carboxylic acids is 1. The van der Waals surface area contributed by atoms with Crippen LogP contribution in [0.25, 0.3) is 22.2 Å². The summed E-state index contributed by atoms with van der Waals surface area (Å²) in [4.78, 5) is 15.8. The maximum atomic E-state index is 13.0. The number of carbonyl (C=O) groups is 1. The number of hydrogen-bond donors (Lipinski definition) is 1. The van der Waals surface area contributed by atoms with Crippen LogP contribution in [0, 0.1) is 5.82 Å². The summed E-state index contributed by atoms with van der Waals surface area (Å²) in [6.45, 7) is 0. The first-order chi connectivity index (χ1) is 10.0. The highest BCUT2D eigenvalue weighted by molar-refractivity contribution is 6.31. The Hall–Kier alpha value is -2.46. The quantitative estimate of drug-likeness (QED) is 0.763. The van der Waals surface area contributed by atoms with Crippen LogP contribution in [0.3, 0.4) is 0 Å². The molecule has 0 unspecified atom stereocenters. The fourth-order valence-electron chi connectivity index (χ4n) is 2.15. The Bertz CT molecular complexity index is 847. The first kappa shape index (κ1) is 13.5. The van der Waals surface area contributed by atoms with E-state index in [4.69, 9.17) is 11.6 Å². The molecule has 3 aromatic rings. The van der Waals surface area contributed by atoms with E-state index < -0.39 is 5.97 Å². The molecule has 1 aromatic heterocycles. The predicted molar refractivity (Wildman–Crippen MR) is 79.1 cm³/mol. The van der Waals surface area contributed by atoms with Crippen LogP contribution in [0.5, 0.6) is 0 Å². The lowest BCUT2D eigenvalue weighted by molar-refractivity contribution is 0.0699. The van der Waals surface area contributed by atoms with Crippen molar-refractivity contribution in [3.63, 3.8) is 0 Å². The molecule has 0 bridgehead atoms. The van der Waals surface area contributed by atoms with E-state index in [2.05, 4.69) is 4.98 Å². The maximum absolute atomic E-state index is 13.0. The Labute approximate surface area is 124 Å². The van der Waals surface area contributed by atoms with Crippen LogP contribution in [0.15, 0.2) is 48.5 Å². The zero-order valence-electron chi connectivity index (χ0n) is 10.7. The number of aromatic nitrogens is 1. The van der Waals surface area contributed by atoms with Crippen LogP contribution in [-0.4, -0.2) is 16.1 Å². The molecule has 1 N–H and O–H groups in total. The van der Waals surface area contributed by atoms with E-state index in [-0.39, 0.29) is 11.4 Å². The molecule has 0 atom stereocenters. The van der Waals surface area contributed by atoms with Crippen molar-refractivity contribution in [3.05, 3.63) is 64.9 Å². The van der Waals surface area contributed by atoms with Crippen LogP contribution >= 0.6 is 11.6 Å². The van der Waals surface area contributed by atoms with Crippen molar-refractivity contribution in [1.29, 1.82) is 0 Å². The van der Waals surface area contributed by atoms with E-state index in [1.807, 2.05) is 0 Å². The molecule has 0 aliphatic carbocycles. The molecule has 21 heavy (non-hydrogen) atoms. The third-order valence-electron chi connectivity index (χ3n) is 3.14. The fraction of sp³-hybridized carbons (Fsp3) is 0. The molecule has 0 aliphatic rings. The Morgan fingerprint density at radius 2 is 1.81 bits per heavy atom. The Morgan fingerprint density at radius 3 is 2.48 bits per heavy atom. The highest BCUT2D eigenvalue weighted by Crippen LogP contribution is 2.27. The second-order valence-electron chi connectivity index (χ2n) is 4.53. The highest BCUT2D eigenvalue weighted by Gasteiger charge is 2.13. The maximum Gasteiger partial charge on any atom is 0.336 e. The normalized spacial score (nSPS) is 10.8. The minimum absolute atomic E-state index is 0.135. The molecule has 5 heteroatoms. The zero-order valence-corrected chi connectivity index (χ0v) is 11.4. The number of rotatable bonds is 2. The van der Waals surface area contributed by atoms with Crippen molar-refractivity contribution >= 4 is 28.5 Å². The molecule has 104 valence electrons. The van der Waals surface area contributed by atoms with E-state index in [1.54, 1.807) is 30.3 Å². The second kappa shape index (κ2) is 5.14. The molecule has 1 heterocycles. The van der Waals surface area contributed by atoms with Crippen LogP contribution < -0.4 is 0 Å². The smallest absolute Gasteiger partial charge is 0.336 e. The van der Waals surface area contributed by atoms with E-state index in [0.29, 0.717) is 27.2 Å². The van der Waals surface area contributed by atoms with Crippen molar-refractivity contribution in [2.75, 3.05) is 0 Å². The number of nitrogens with zero attached hydrogens (tertiary/aromatic N) is 1. The summed E-state index contributed by atoms with van der Waals surface area (Å²) >= 11 is 5.93. The van der Waals surface area contributed by atoms with Gasteiger partial charge in [0.25, 0.3) is 0 Å². The molecular formula is C16H9ClFNO2. The largest absolute Gasteiger partial charge is 0.478 e. The lowest BCUT2D eigenvalue weighted by Crippen LogP contribution is -2.00. The zero-order chi connectivity index (χ0) is 15.0. The third kappa shape index (κ3) is 2.58. The van der Waals surface area contributed by atoms with Gasteiger partial charge in [-0.1, -0.05) is 17.7 Å². The van der Waals surface area contributed by atoms with Crippen molar-refractivity contribution in [1.82, 2.24) is 4.98 Å². The molecule has 3 rings (SSSR count). The highest BCUT2D eigenvalue weighted by atomic mass is 35.5. The van der Waals surface area contributed by atoms with Gasteiger partial charge in [0.05, 0.1) is 16.8 Å². The minimum atomic E-state index is -1.05. The molecule has 0 saturated heterocycles. The lowest BCUT2D eigenvalue weighted by Gasteiger charge is -2.07. The van der Waals surface area contributed by atoms with Crippen LogP contribution in [0.1, 0.15) is 10.4 Å². The van der Waals surface area contributed by atoms with E-state index in [1.165, 1.54) is 18.2 Å². The van der Waals surface area contributed by atoms with Crippen LogP contribution in [-0.2, 0) is 0 Å². The van der Waals surface area contributed by atoms with E-state index >= 15 is 0 Å². The molecule has 0 spiro atoms. The molecular weight excluding hydrogens is 293 g/mol. The van der Waals surface area contributed by atoms with Gasteiger partial charge < -0.3 is 5.11 Å². The lowest BCUT2D eigenvalue weighted by atomic mass is 10.0. The Kier molecular flexibility index (Phi) is 3.31. The summed E-state index contributed by atoms with van der Waals surface area (Å²) in [5.41, 5.74) is 1.72. The monoisotopic (exact) mass is 301 g/mol. The summed E-state index contributed by atoms with van der Waals surface area (Å²) in [5.74, 6) is -1.41. The second-order valence-corrected chi connectivity index (χ2v) is 4.97. The number of pyridine rings is 1. The van der Waals surface area contributed by atoms with Gasteiger partial charge in [-0.05, 0) is 42.5 Å². The van der Waals surface area contributed by atoms with E-state index in [9.17, 15) is 14.3 Å².